The van der Waals surface area contributed by atoms with Crippen LogP contribution in [0, 0.1) is 6.92 Å². The molecule has 3 nitrogen and oxygen atoms in total. The molecule has 0 bridgehead atoms. The zero-order valence-corrected chi connectivity index (χ0v) is 12.4. The fourth-order valence-electron chi connectivity index (χ4n) is 1.66. The molecule has 0 aliphatic heterocycles. The molecule has 0 radical (unpaired) electrons. The van der Waals surface area contributed by atoms with Crippen molar-refractivity contribution in [1.82, 2.24) is 0 Å². The summed E-state index contributed by atoms with van der Waals surface area (Å²) in [6.45, 7) is 1.89. The number of nitrogens with two attached hydrogens (primary N) is 1. The van der Waals surface area contributed by atoms with E-state index >= 15 is 0 Å². The van der Waals surface area contributed by atoms with E-state index < -0.39 is 0 Å². The number of thiocarbonyl (C=S) groups is 1. The summed E-state index contributed by atoms with van der Waals surface area (Å²) in [4.78, 5) is 12.4. The summed E-state index contributed by atoms with van der Waals surface area (Å²) in [6, 6.07) is 12.2. The monoisotopic (exact) mass is 304 g/mol. The largest absolute Gasteiger partial charge is 0.389 e. The van der Waals surface area contributed by atoms with E-state index in [2.05, 4.69) is 5.32 Å². The van der Waals surface area contributed by atoms with Crippen molar-refractivity contribution in [3.63, 3.8) is 0 Å². The van der Waals surface area contributed by atoms with Crippen LogP contribution < -0.4 is 11.1 Å². The van der Waals surface area contributed by atoms with Gasteiger partial charge in [-0.1, -0.05) is 29.9 Å². The zero-order valence-electron chi connectivity index (χ0n) is 10.8. The molecule has 5 heteroatoms. The Balaban J connectivity index is 2.14. The summed E-state index contributed by atoms with van der Waals surface area (Å²) in [6.07, 6.45) is 0. The standard InChI is InChI=1S/C15H13ClN2OS/c1-9-2-3-11(8-13(9)16)15(19)18-12-6-4-10(5-7-12)14(17)20/h2-8H,1H3,(H2,17,20)(H,18,19). The summed E-state index contributed by atoms with van der Waals surface area (Å²) in [7, 11) is 0. The first-order chi connectivity index (χ1) is 9.47. The van der Waals surface area contributed by atoms with Crippen LogP contribution in [0.5, 0.6) is 0 Å². The third-order valence-electron chi connectivity index (χ3n) is 2.86. The molecule has 1 amide bonds. The highest BCUT2D eigenvalue weighted by atomic mass is 35.5. The van der Waals surface area contributed by atoms with E-state index in [0.29, 0.717) is 21.3 Å². The molecule has 0 saturated heterocycles. The first-order valence-corrected chi connectivity index (χ1v) is 6.73. The Labute approximate surface area is 127 Å². The van der Waals surface area contributed by atoms with Gasteiger partial charge in [-0.3, -0.25) is 4.79 Å². The maximum Gasteiger partial charge on any atom is 0.255 e. The summed E-state index contributed by atoms with van der Waals surface area (Å²) in [5.41, 5.74) is 8.40. The molecule has 0 aliphatic rings. The number of hydrogen-bond acceptors (Lipinski definition) is 2. The topological polar surface area (TPSA) is 55.1 Å². The van der Waals surface area contributed by atoms with Gasteiger partial charge < -0.3 is 11.1 Å². The van der Waals surface area contributed by atoms with E-state index in [4.69, 9.17) is 29.6 Å². The number of hydrogen-bond donors (Lipinski definition) is 2. The molecule has 2 rings (SSSR count). The molecule has 0 heterocycles. The second kappa shape index (κ2) is 6.03. The Bertz CT molecular complexity index is 668. The molecule has 3 N–H and O–H groups in total. The van der Waals surface area contributed by atoms with Crippen LogP contribution in [0.25, 0.3) is 0 Å². The molecule has 2 aromatic carbocycles. The first kappa shape index (κ1) is 14.5. The number of carbonyl (C=O) groups excluding carboxylic acids is 1. The number of carbonyl (C=O) groups is 1. The maximum atomic E-state index is 12.1. The van der Waals surface area contributed by atoms with Crippen molar-refractivity contribution >= 4 is 40.4 Å². The van der Waals surface area contributed by atoms with E-state index in [0.717, 1.165) is 11.1 Å². The minimum atomic E-state index is -0.213. The lowest BCUT2D eigenvalue weighted by Gasteiger charge is -2.07. The Morgan fingerprint density at radius 2 is 1.75 bits per heavy atom. The highest BCUT2D eigenvalue weighted by Crippen LogP contribution is 2.18. The molecule has 2 aromatic rings. The van der Waals surface area contributed by atoms with Crippen molar-refractivity contribution in [2.45, 2.75) is 6.92 Å². The number of amides is 1. The first-order valence-electron chi connectivity index (χ1n) is 5.95. The van der Waals surface area contributed by atoms with E-state index in [-0.39, 0.29) is 5.91 Å². The second-order valence-electron chi connectivity index (χ2n) is 4.36. The molecular weight excluding hydrogens is 292 g/mol. The maximum absolute atomic E-state index is 12.1. The molecule has 0 saturated carbocycles. The quantitative estimate of drug-likeness (QED) is 0.853. The highest BCUT2D eigenvalue weighted by Gasteiger charge is 2.08. The van der Waals surface area contributed by atoms with Gasteiger partial charge in [-0.2, -0.15) is 0 Å². The van der Waals surface area contributed by atoms with Crippen LogP contribution in [0.3, 0.4) is 0 Å². The molecule has 0 fully saturated rings. The van der Waals surface area contributed by atoms with Gasteiger partial charge in [0.1, 0.15) is 4.99 Å². The lowest BCUT2D eigenvalue weighted by molar-refractivity contribution is 0.102. The number of anilines is 1. The van der Waals surface area contributed by atoms with Crippen molar-refractivity contribution in [1.29, 1.82) is 0 Å². The van der Waals surface area contributed by atoms with Crippen LogP contribution in [0.2, 0.25) is 5.02 Å². The van der Waals surface area contributed by atoms with Gasteiger partial charge in [-0.15, -0.1) is 0 Å². The average Bonchev–Trinajstić information content (AvgIpc) is 2.42. The van der Waals surface area contributed by atoms with Crippen molar-refractivity contribution in [2.75, 3.05) is 5.32 Å². The summed E-state index contributed by atoms with van der Waals surface area (Å²) in [5.74, 6) is -0.213. The van der Waals surface area contributed by atoms with Gasteiger partial charge in [0.2, 0.25) is 0 Å². The molecule has 0 atom stereocenters. The van der Waals surface area contributed by atoms with Gasteiger partial charge in [0, 0.05) is 21.8 Å². The van der Waals surface area contributed by atoms with Crippen LogP contribution in [0.15, 0.2) is 42.5 Å². The Hall–Kier alpha value is -1.91. The van der Waals surface area contributed by atoms with Gasteiger partial charge >= 0.3 is 0 Å². The Kier molecular flexibility index (Phi) is 4.37. The zero-order chi connectivity index (χ0) is 14.7. The molecule has 0 unspecified atom stereocenters. The third kappa shape index (κ3) is 3.35. The lowest BCUT2D eigenvalue weighted by Crippen LogP contribution is -2.13. The van der Waals surface area contributed by atoms with Crippen molar-refractivity contribution in [3.8, 4) is 0 Å². The molecule has 0 spiro atoms. The average molecular weight is 305 g/mol. The molecular formula is C15H13ClN2OS. The van der Waals surface area contributed by atoms with Crippen LogP contribution in [0.1, 0.15) is 21.5 Å². The van der Waals surface area contributed by atoms with Crippen LogP contribution in [-0.2, 0) is 0 Å². The second-order valence-corrected chi connectivity index (χ2v) is 5.21. The third-order valence-corrected chi connectivity index (χ3v) is 3.50. The Morgan fingerprint density at radius 3 is 2.30 bits per heavy atom. The van der Waals surface area contributed by atoms with Crippen LogP contribution >= 0.6 is 23.8 Å². The minimum absolute atomic E-state index is 0.213. The smallest absolute Gasteiger partial charge is 0.255 e. The Morgan fingerprint density at radius 1 is 1.15 bits per heavy atom. The predicted molar refractivity (Wildman–Crippen MR) is 86.5 cm³/mol. The van der Waals surface area contributed by atoms with Crippen molar-refractivity contribution in [2.24, 2.45) is 5.73 Å². The number of rotatable bonds is 3. The van der Waals surface area contributed by atoms with E-state index in [9.17, 15) is 4.79 Å². The van der Waals surface area contributed by atoms with Crippen LogP contribution in [0.4, 0.5) is 5.69 Å². The number of halogens is 1. The van der Waals surface area contributed by atoms with Gasteiger partial charge in [-0.25, -0.2) is 0 Å². The molecule has 0 aromatic heterocycles. The fourth-order valence-corrected chi connectivity index (χ4v) is 1.97. The molecule has 20 heavy (non-hydrogen) atoms. The van der Waals surface area contributed by atoms with E-state index in [1.165, 1.54) is 0 Å². The summed E-state index contributed by atoms with van der Waals surface area (Å²) in [5, 5.41) is 3.36. The van der Waals surface area contributed by atoms with E-state index in [1.807, 2.05) is 13.0 Å². The minimum Gasteiger partial charge on any atom is -0.389 e. The van der Waals surface area contributed by atoms with Gasteiger partial charge in [0.25, 0.3) is 5.91 Å². The molecule has 0 aliphatic carbocycles. The molecule has 102 valence electrons. The summed E-state index contributed by atoms with van der Waals surface area (Å²) >= 11 is 10.9. The number of aryl methyl sites for hydroxylation is 1. The highest BCUT2D eigenvalue weighted by molar-refractivity contribution is 7.80. The van der Waals surface area contributed by atoms with Crippen molar-refractivity contribution in [3.05, 3.63) is 64.2 Å². The number of benzene rings is 2. The SMILES string of the molecule is Cc1ccc(C(=O)Nc2ccc(C(N)=S)cc2)cc1Cl. The van der Waals surface area contributed by atoms with Crippen molar-refractivity contribution < 1.29 is 4.79 Å². The lowest BCUT2D eigenvalue weighted by atomic mass is 10.1. The fraction of sp³-hybridized carbons (Fsp3) is 0.0667. The predicted octanol–water partition coefficient (Wildman–Crippen LogP) is 3.53. The van der Waals surface area contributed by atoms with E-state index in [1.54, 1.807) is 36.4 Å². The number of nitrogens with one attached hydrogen (secondary N) is 1. The van der Waals surface area contributed by atoms with Crippen LogP contribution in [-0.4, -0.2) is 10.9 Å². The summed E-state index contributed by atoms with van der Waals surface area (Å²) < 4.78 is 0. The normalized spacial score (nSPS) is 10.1. The van der Waals surface area contributed by atoms with Gasteiger partial charge in [0.15, 0.2) is 0 Å². The van der Waals surface area contributed by atoms with Gasteiger partial charge in [-0.05, 0) is 48.9 Å². The van der Waals surface area contributed by atoms with Gasteiger partial charge in [0.05, 0.1) is 0 Å².